The maximum absolute atomic E-state index is 8.58. The minimum Gasteiger partial charge on any atom is -0.356 e. The first-order chi connectivity index (χ1) is 56.4. The Morgan fingerprint density at radius 3 is 0.977 bits per heavy atom. The quantitative estimate of drug-likeness (QED) is 0.119. The van der Waals surface area contributed by atoms with Gasteiger partial charge in [-0.1, -0.05) is 284 Å². The lowest BCUT2D eigenvalue weighted by molar-refractivity contribution is 1.54. The van der Waals surface area contributed by atoms with Crippen molar-refractivity contribution in [2.75, 3.05) is 16.0 Å². The molecule has 16 aromatic carbocycles. The smallest absolute Gasteiger partial charge is 0.0645 e. The van der Waals surface area contributed by atoms with Gasteiger partial charge in [0.25, 0.3) is 0 Å². The van der Waals surface area contributed by atoms with Gasteiger partial charge < -0.3 is 16.0 Å². The van der Waals surface area contributed by atoms with E-state index >= 15 is 0 Å². The molecule has 0 aromatic heterocycles. The van der Waals surface area contributed by atoms with E-state index in [-0.39, 0.29) is 119 Å². The Labute approximate surface area is 553 Å². The summed E-state index contributed by atoms with van der Waals surface area (Å²) in [6, 6.07) is 32.7. The zero-order valence-electron chi connectivity index (χ0n) is 77.5. The minimum atomic E-state index is -0.643. The standard InChI is InChI=1S/C32H23N.C30H21N.C22H17N/c1-3-11-29-23(7-1)9-5-13-31(29)25-15-19-27(20-16-25)33-28-21-17-26(18-22-28)32-14-6-10-24-8-2-4-12-30(24)32;1-3-11-25-21(8-1)10-7-15-26(25)22-16-18-24(19-17-22)31-30-20-23-9-2-4-12-27(23)28-13-5-6-14-29(28)30;1-2-9-19(10-3-1)23-20-15-13-18(14-16-20)22-12-6-8-17-7-4-5-11-21(17)22/h1-22,33H;1-20,31H;1-16,23H/i1D,2D,3D,4D,5D,6D,7D,8D,9D,10D,11D,12D,13D,14D;1D,3D,7D,8D,10D,11D,15D;4D,5D,6D,7D,8D,11D,12D,13D,14D,15D,16D. The second kappa shape index (κ2) is 24.7. The van der Waals surface area contributed by atoms with Crippen LogP contribution in [0.15, 0.2) is 351 Å². The Hall–Kier alpha value is -11.5. The van der Waals surface area contributed by atoms with Crippen LogP contribution in [0.3, 0.4) is 0 Å². The van der Waals surface area contributed by atoms with E-state index < -0.39 is 151 Å². The molecule has 412 valence electrons. The van der Waals surface area contributed by atoms with Gasteiger partial charge in [0, 0.05) is 39.5 Å². The number of para-hydroxylation sites is 1. The SMILES string of the molecule is [2H]c1c([2H])c(-c2c([2H])c([2H])c([2H])c3c([2H])c([2H])c([2H])c([2H])c23)c([2H])c([2H])c1Nc1ccccc1.[2H]c1c([2H])c([2H])c2c(-c3ccc(Nc4cc5ccccc5c5ccccc45)cc3)c([2H])c([2H])c([2H])c2c1[2H].[2H]c1c([2H])c([2H])c2c(-c3ccc(Nc4ccc(-c5c([2H])c([2H])c([2H])c6c([2H])c([2H])c([2H])c([2H])c56)cc4)cc3)c([2H])c([2H])c([2H])c2c1[2H]. The van der Waals surface area contributed by atoms with E-state index in [2.05, 4.69) is 46.3 Å². The van der Waals surface area contributed by atoms with Crippen LogP contribution in [0, 0.1) is 0 Å². The molecule has 0 aliphatic rings. The van der Waals surface area contributed by atoms with Crippen LogP contribution < -0.4 is 16.0 Å². The first-order valence-corrected chi connectivity index (χ1v) is 27.1. The van der Waals surface area contributed by atoms with Crippen molar-refractivity contribution >= 4 is 98.8 Å². The molecule has 3 N–H and O–H groups in total. The van der Waals surface area contributed by atoms with Crippen LogP contribution in [0.1, 0.15) is 43.9 Å². The third kappa shape index (κ3) is 11.8. The number of rotatable bonds is 10. The summed E-state index contributed by atoms with van der Waals surface area (Å²) in [7, 11) is 0. The topological polar surface area (TPSA) is 36.1 Å². The van der Waals surface area contributed by atoms with Crippen LogP contribution in [0.25, 0.3) is 109 Å². The van der Waals surface area contributed by atoms with Crippen LogP contribution in [-0.2, 0) is 0 Å². The maximum atomic E-state index is 8.58. The van der Waals surface area contributed by atoms with E-state index in [1.165, 1.54) is 5.39 Å². The van der Waals surface area contributed by atoms with Crippen LogP contribution in [0.2, 0.25) is 0 Å². The number of fused-ring (bicyclic) bond motifs is 7. The molecule has 0 unspecified atom stereocenters. The van der Waals surface area contributed by atoms with Crippen molar-refractivity contribution in [3.63, 3.8) is 0 Å². The average Bonchev–Trinajstić information content (AvgIpc) is 0.730. The lowest BCUT2D eigenvalue weighted by Gasteiger charge is -2.14. The molecule has 0 aliphatic heterocycles. The van der Waals surface area contributed by atoms with Gasteiger partial charge in [-0.25, -0.2) is 0 Å². The van der Waals surface area contributed by atoms with Gasteiger partial charge in [-0.3, -0.25) is 0 Å². The van der Waals surface area contributed by atoms with Gasteiger partial charge in [0.2, 0.25) is 0 Å². The molecule has 16 aromatic rings. The van der Waals surface area contributed by atoms with Crippen molar-refractivity contribution in [1.82, 2.24) is 0 Å². The zero-order chi connectivity index (χ0) is 86.0. The highest BCUT2D eigenvalue weighted by molar-refractivity contribution is 6.13. The highest BCUT2D eigenvalue weighted by Gasteiger charge is 2.11. The van der Waals surface area contributed by atoms with Crippen molar-refractivity contribution < 1.29 is 43.9 Å². The molecule has 3 heteroatoms. The van der Waals surface area contributed by atoms with E-state index in [4.69, 9.17) is 43.9 Å². The summed E-state index contributed by atoms with van der Waals surface area (Å²) in [5, 5.41) is 13.3. The molecule has 0 bridgehead atoms. The van der Waals surface area contributed by atoms with Gasteiger partial charge in [0.1, 0.15) is 0 Å². The molecule has 0 fully saturated rings. The third-order valence-electron chi connectivity index (χ3n) is 14.0. The first-order valence-electron chi connectivity index (χ1n) is 43.1. The number of anilines is 6. The molecular weight excluding hydrogens is 1050 g/mol. The van der Waals surface area contributed by atoms with Crippen LogP contribution in [0.4, 0.5) is 34.1 Å². The summed E-state index contributed by atoms with van der Waals surface area (Å²) in [4.78, 5) is 0. The predicted molar refractivity (Wildman–Crippen MR) is 375 cm³/mol. The molecule has 0 atom stereocenters. The number of benzene rings is 16. The fourth-order valence-corrected chi connectivity index (χ4v) is 9.89. The van der Waals surface area contributed by atoms with Crippen LogP contribution in [0.5, 0.6) is 0 Å². The van der Waals surface area contributed by atoms with E-state index in [1.807, 2.05) is 36.4 Å². The van der Waals surface area contributed by atoms with Crippen molar-refractivity contribution in [3.05, 3.63) is 351 Å². The Morgan fingerprint density at radius 1 is 0.195 bits per heavy atom. The van der Waals surface area contributed by atoms with Crippen molar-refractivity contribution in [1.29, 1.82) is 0 Å². The van der Waals surface area contributed by atoms with E-state index in [9.17, 15) is 0 Å². The minimum absolute atomic E-state index is 0.00117. The van der Waals surface area contributed by atoms with Gasteiger partial charge in [-0.15, -0.1) is 0 Å². The second-order valence-corrected chi connectivity index (χ2v) is 19.4. The van der Waals surface area contributed by atoms with Gasteiger partial charge >= 0.3 is 0 Å². The van der Waals surface area contributed by atoms with E-state index in [0.29, 0.717) is 33.8 Å². The maximum Gasteiger partial charge on any atom is 0.0645 e. The van der Waals surface area contributed by atoms with E-state index in [1.54, 1.807) is 91.0 Å². The molecule has 0 saturated carbocycles. The summed E-state index contributed by atoms with van der Waals surface area (Å²) in [6.07, 6.45) is 0. The molecule has 0 heterocycles. The first kappa shape index (κ1) is 28.8. The van der Waals surface area contributed by atoms with Crippen molar-refractivity contribution in [3.8, 4) is 44.5 Å². The molecule has 0 spiro atoms. The Kier molecular flexibility index (Phi) is 8.20. The second-order valence-electron chi connectivity index (χ2n) is 19.4. The predicted octanol–water partition coefficient (Wildman–Crippen LogP) is 23.9. The van der Waals surface area contributed by atoms with Crippen LogP contribution in [-0.4, -0.2) is 0 Å². The van der Waals surface area contributed by atoms with Crippen molar-refractivity contribution in [2.24, 2.45) is 0 Å². The highest BCUT2D eigenvalue weighted by Crippen LogP contribution is 2.37. The Morgan fingerprint density at radius 2 is 0.529 bits per heavy atom. The van der Waals surface area contributed by atoms with Crippen molar-refractivity contribution in [2.45, 2.75) is 0 Å². The Balaban J connectivity index is 0.000000149. The number of nitrogens with one attached hydrogen (secondary N) is 3. The molecular formula is C84H61N3. The summed E-state index contributed by atoms with van der Waals surface area (Å²) in [6.45, 7) is 0. The number of hydrogen-bond donors (Lipinski definition) is 3. The van der Waals surface area contributed by atoms with Gasteiger partial charge in [-0.05, 0) is 170 Å². The normalized spacial score (nSPS) is 16.1. The molecule has 0 radical (unpaired) electrons. The summed E-state index contributed by atoms with van der Waals surface area (Å²) >= 11 is 0. The molecule has 0 aliphatic carbocycles. The molecule has 16 rings (SSSR count). The largest absolute Gasteiger partial charge is 0.356 e. The highest BCUT2D eigenvalue weighted by atomic mass is 14.9. The fourth-order valence-electron chi connectivity index (χ4n) is 9.89. The van der Waals surface area contributed by atoms with E-state index in [0.717, 1.165) is 27.5 Å². The Bertz CT molecular complexity index is 6780. The number of hydrogen-bond acceptors (Lipinski definition) is 3. The lowest BCUT2D eigenvalue weighted by atomic mass is 9.98. The molecule has 3 nitrogen and oxygen atoms in total. The zero-order valence-corrected chi connectivity index (χ0v) is 45.5. The third-order valence-corrected chi connectivity index (χ3v) is 14.0. The lowest BCUT2D eigenvalue weighted by Crippen LogP contribution is -1.92. The van der Waals surface area contributed by atoms with Crippen LogP contribution >= 0.6 is 0 Å². The summed E-state index contributed by atoms with van der Waals surface area (Å²) in [5.41, 5.74) is 4.50. The van der Waals surface area contributed by atoms with Gasteiger partial charge in [-0.2, -0.15) is 0 Å². The average molecular weight is 1140 g/mol. The fraction of sp³-hybridized carbons (Fsp3) is 0. The molecule has 87 heavy (non-hydrogen) atoms. The summed E-state index contributed by atoms with van der Waals surface area (Å²) in [5.74, 6) is 0. The molecule has 0 amide bonds. The monoisotopic (exact) mass is 1140 g/mol. The van der Waals surface area contributed by atoms with Gasteiger partial charge in [0.05, 0.1) is 43.9 Å². The van der Waals surface area contributed by atoms with Gasteiger partial charge in [0.15, 0.2) is 0 Å². The molecule has 0 saturated heterocycles. The summed E-state index contributed by atoms with van der Waals surface area (Å²) < 4.78 is 266.